The first kappa shape index (κ1) is 14.0. The van der Waals surface area contributed by atoms with E-state index in [-0.39, 0.29) is 0 Å². The smallest absolute Gasteiger partial charge is 0.00219 e. The maximum Gasteiger partial charge on any atom is -0.00219 e. The Kier molecular flexibility index (Phi) is 7.26. The SMILES string of the molecule is CCN(C)CCCCCC(C)(C)CC. The molecular weight excluding hydrogens is 170 g/mol. The van der Waals surface area contributed by atoms with Crippen molar-refractivity contribution in [1.82, 2.24) is 4.90 Å². The Morgan fingerprint density at radius 1 is 1.00 bits per heavy atom. The van der Waals surface area contributed by atoms with Gasteiger partial charge in [0.05, 0.1) is 0 Å². The van der Waals surface area contributed by atoms with Gasteiger partial charge in [-0.25, -0.2) is 0 Å². The fourth-order valence-electron chi connectivity index (χ4n) is 1.50. The first-order chi connectivity index (χ1) is 6.52. The van der Waals surface area contributed by atoms with Crippen LogP contribution in [0.1, 0.15) is 59.8 Å². The molecule has 0 N–H and O–H groups in total. The largest absolute Gasteiger partial charge is 0.307 e. The lowest BCUT2D eigenvalue weighted by Crippen LogP contribution is -2.18. The highest BCUT2D eigenvalue weighted by atomic mass is 15.1. The molecular formula is C13H29N. The zero-order valence-electron chi connectivity index (χ0n) is 10.9. The average molecular weight is 199 g/mol. The average Bonchev–Trinajstić information content (AvgIpc) is 2.17. The highest BCUT2D eigenvalue weighted by Gasteiger charge is 2.13. The molecule has 1 heteroatoms. The van der Waals surface area contributed by atoms with Crippen LogP contribution < -0.4 is 0 Å². The summed E-state index contributed by atoms with van der Waals surface area (Å²) in [4.78, 5) is 2.39. The molecule has 0 saturated heterocycles. The lowest BCUT2D eigenvalue weighted by atomic mass is 9.84. The minimum absolute atomic E-state index is 0.566. The third-order valence-corrected chi connectivity index (χ3v) is 3.39. The summed E-state index contributed by atoms with van der Waals surface area (Å²) in [5, 5.41) is 0. The third kappa shape index (κ3) is 7.37. The van der Waals surface area contributed by atoms with Gasteiger partial charge in [0.15, 0.2) is 0 Å². The summed E-state index contributed by atoms with van der Waals surface area (Å²) in [7, 11) is 2.20. The maximum absolute atomic E-state index is 2.39. The van der Waals surface area contributed by atoms with Gasteiger partial charge in [0, 0.05) is 0 Å². The minimum Gasteiger partial charge on any atom is -0.307 e. The van der Waals surface area contributed by atoms with Crippen LogP contribution in [0, 0.1) is 5.41 Å². The quantitative estimate of drug-likeness (QED) is 0.535. The normalized spacial score (nSPS) is 12.4. The van der Waals surface area contributed by atoms with Crippen LogP contribution >= 0.6 is 0 Å². The summed E-state index contributed by atoms with van der Waals surface area (Å²) in [6.07, 6.45) is 6.86. The van der Waals surface area contributed by atoms with Crippen molar-refractivity contribution < 1.29 is 0 Å². The number of hydrogen-bond acceptors (Lipinski definition) is 1. The Labute approximate surface area is 90.9 Å². The van der Waals surface area contributed by atoms with E-state index in [4.69, 9.17) is 0 Å². The summed E-state index contributed by atoms with van der Waals surface area (Å²) in [6, 6.07) is 0. The highest BCUT2D eigenvalue weighted by molar-refractivity contribution is 4.66. The van der Waals surface area contributed by atoms with Gasteiger partial charge < -0.3 is 4.90 Å². The van der Waals surface area contributed by atoms with Crippen LogP contribution in [-0.4, -0.2) is 25.0 Å². The molecule has 0 heterocycles. The van der Waals surface area contributed by atoms with Crippen molar-refractivity contribution in [3.8, 4) is 0 Å². The second kappa shape index (κ2) is 7.28. The lowest BCUT2D eigenvalue weighted by molar-refractivity contribution is 0.296. The second-order valence-electron chi connectivity index (χ2n) is 5.22. The van der Waals surface area contributed by atoms with Crippen molar-refractivity contribution >= 4 is 0 Å². The molecule has 0 unspecified atom stereocenters. The Balaban J connectivity index is 3.30. The zero-order valence-corrected chi connectivity index (χ0v) is 10.9. The third-order valence-electron chi connectivity index (χ3n) is 3.39. The van der Waals surface area contributed by atoms with Crippen molar-refractivity contribution in [2.75, 3.05) is 20.1 Å². The molecule has 0 aromatic heterocycles. The van der Waals surface area contributed by atoms with Crippen molar-refractivity contribution in [2.45, 2.75) is 59.8 Å². The van der Waals surface area contributed by atoms with E-state index in [1.807, 2.05) is 0 Å². The van der Waals surface area contributed by atoms with Gasteiger partial charge in [0.25, 0.3) is 0 Å². The Bertz CT molecular complexity index is 129. The predicted octanol–water partition coefficient (Wildman–Crippen LogP) is 3.93. The number of unbranched alkanes of at least 4 members (excludes halogenated alkanes) is 2. The van der Waals surface area contributed by atoms with Gasteiger partial charge in [0.1, 0.15) is 0 Å². The van der Waals surface area contributed by atoms with Crippen molar-refractivity contribution in [2.24, 2.45) is 5.41 Å². The maximum atomic E-state index is 2.39. The molecule has 0 aliphatic carbocycles. The van der Waals surface area contributed by atoms with Gasteiger partial charge in [0.2, 0.25) is 0 Å². The molecule has 0 atom stereocenters. The molecule has 0 fully saturated rings. The summed E-state index contributed by atoms with van der Waals surface area (Å²) in [6.45, 7) is 11.7. The van der Waals surface area contributed by atoms with Crippen LogP contribution in [-0.2, 0) is 0 Å². The molecule has 0 rings (SSSR count). The summed E-state index contributed by atoms with van der Waals surface area (Å²) < 4.78 is 0. The predicted molar refractivity (Wildman–Crippen MR) is 65.7 cm³/mol. The van der Waals surface area contributed by atoms with Crippen LogP contribution in [0.4, 0.5) is 0 Å². The fraction of sp³-hybridized carbons (Fsp3) is 1.00. The first-order valence-electron chi connectivity index (χ1n) is 6.20. The van der Waals surface area contributed by atoms with E-state index in [1.165, 1.54) is 45.2 Å². The second-order valence-corrected chi connectivity index (χ2v) is 5.22. The Morgan fingerprint density at radius 3 is 2.14 bits per heavy atom. The van der Waals surface area contributed by atoms with Gasteiger partial charge in [-0.3, -0.25) is 0 Å². The Hall–Kier alpha value is -0.0400. The van der Waals surface area contributed by atoms with Gasteiger partial charge in [-0.15, -0.1) is 0 Å². The van der Waals surface area contributed by atoms with Gasteiger partial charge in [-0.2, -0.15) is 0 Å². The van der Waals surface area contributed by atoms with Crippen LogP contribution in [0.2, 0.25) is 0 Å². The molecule has 0 bridgehead atoms. The standard InChI is InChI=1S/C13H29N/c1-6-13(3,4)11-9-8-10-12-14(5)7-2/h6-12H2,1-5H3. The first-order valence-corrected chi connectivity index (χ1v) is 6.20. The van der Waals surface area contributed by atoms with Crippen LogP contribution in [0.5, 0.6) is 0 Å². The van der Waals surface area contributed by atoms with Crippen LogP contribution in [0.3, 0.4) is 0 Å². The van der Waals surface area contributed by atoms with E-state index in [1.54, 1.807) is 0 Å². The minimum atomic E-state index is 0.566. The van der Waals surface area contributed by atoms with E-state index in [9.17, 15) is 0 Å². The molecule has 0 radical (unpaired) electrons. The fourth-order valence-corrected chi connectivity index (χ4v) is 1.50. The van der Waals surface area contributed by atoms with Gasteiger partial charge in [-0.05, 0) is 38.4 Å². The summed E-state index contributed by atoms with van der Waals surface area (Å²) >= 11 is 0. The van der Waals surface area contributed by atoms with E-state index in [0.717, 1.165) is 0 Å². The molecule has 0 saturated carbocycles. The molecule has 0 aromatic rings. The molecule has 0 aromatic carbocycles. The van der Waals surface area contributed by atoms with Crippen molar-refractivity contribution in [3.63, 3.8) is 0 Å². The molecule has 0 aliphatic rings. The molecule has 0 amide bonds. The molecule has 0 aliphatic heterocycles. The van der Waals surface area contributed by atoms with Crippen molar-refractivity contribution in [3.05, 3.63) is 0 Å². The van der Waals surface area contributed by atoms with E-state index < -0.39 is 0 Å². The highest BCUT2D eigenvalue weighted by Crippen LogP contribution is 2.26. The van der Waals surface area contributed by atoms with Gasteiger partial charge >= 0.3 is 0 Å². The number of nitrogens with zero attached hydrogens (tertiary/aromatic N) is 1. The Morgan fingerprint density at radius 2 is 1.64 bits per heavy atom. The zero-order chi connectivity index (χ0) is 11.0. The van der Waals surface area contributed by atoms with Crippen LogP contribution in [0.25, 0.3) is 0 Å². The molecule has 1 nitrogen and oxygen atoms in total. The summed E-state index contributed by atoms with van der Waals surface area (Å²) in [5.41, 5.74) is 0.566. The summed E-state index contributed by atoms with van der Waals surface area (Å²) in [5.74, 6) is 0. The molecule has 86 valence electrons. The van der Waals surface area contributed by atoms with Gasteiger partial charge in [-0.1, -0.05) is 47.0 Å². The monoisotopic (exact) mass is 199 g/mol. The number of rotatable bonds is 8. The molecule has 14 heavy (non-hydrogen) atoms. The van der Waals surface area contributed by atoms with Crippen LogP contribution in [0.15, 0.2) is 0 Å². The molecule has 0 spiro atoms. The number of hydrogen-bond donors (Lipinski definition) is 0. The van der Waals surface area contributed by atoms with E-state index in [0.29, 0.717) is 5.41 Å². The lowest BCUT2D eigenvalue weighted by Gasteiger charge is -2.22. The van der Waals surface area contributed by atoms with E-state index in [2.05, 4.69) is 39.6 Å². The van der Waals surface area contributed by atoms with E-state index >= 15 is 0 Å². The topological polar surface area (TPSA) is 3.24 Å². The van der Waals surface area contributed by atoms with Crippen molar-refractivity contribution in [1.29, 1.82) is 0 Å².